The maximum absolute atomic E-state index is 13.6. The van der Waals surface area contributed by atoms with Gasteiger partial charge in [-0.3, -0.25) is 4.57 Å². The van der Waals surface area contributed by atoms with Crippen molar-refractivity contribution in [2.75, 3.05) is 5.32 Å². The van der Waals surface area contributed by atoms with Gasteiger partial charge in [-0.1, -0.05) is 18.2 Å². The molecule has 0 atom stereocenters. The van der Waals surface area contributed by atoms with Gasteiger partial charge >= 0.3 is 5.97 Å². The zero-order valence-electron chi connectivity index (χ0n) is 20.6. The zero-order chi connectivity index (χ0) is 26.2. The molecule has 1 aliphatic carbocycles. The largest absolute Gasteiger partial charge is 0.478 e. The molecule has 0 bridgehead atoms. The summed E-state index contributed by atoms with van der Waals surface area (Å²) in [5.41, 5.74) is 2.05. The van der Waals surface area contributed by atoms with Crippen molar-refractivity contribution >= 4 is 17.6 Å². The summed E-state index contributed by atoms with van der Waals surface area (Å²) in [4.78, 5) is 24.9. The first-order valence-electron chi connectivity index (χ1n) is 12.2. The highest BCUT2D eigenvalue weighted by Crippen LogP contribution is 2.43. The van der Waals surface area contributed by atoms with Crippen LogP contribution < -0.4 is 5.32 Å². The first-order valence-corrected chi connectivity index (χ1v) is 12.2. The third-order valence-electron chi connectivity index (χ3n) is 7.03. The van der Waals surface area contributed by atoms with Gasteiger partial charge in [0.15, 0.2) is 0 Å². The molecule has 190 valence electrons. The summed E-state index contributed by atoms with van der Waals surface area (Å²) in [5, 5.41) is 24.1. The molecule has 0 unspecified atom stereocenters. The molecule has 1 fully saturated rings. The van der Waals surface area contributed by atoms with E-state index in [-0.39, 0.29) is 11.7 Å². The van der Waals surface area contributed by atoms with Gasteiger partial charge in [0.1, 0.15) is 35.2 Å². The molecule has 1 saturated carbocycles. The minimum absolute atomic E-state index is 0.0745. The van der Waals surface area contributed by atoms with Crippen LogP contribution in [0.5, 0.6) is 0 Å². The molecule has 5 rings (SSSR count). The van der Waals surface area contributed by atoms with Crippen molar-refractivity contribution in [1.82, 2.24) is 19.5 Å². The number of hydrogen-bond donors (Lipinski definition) is 3. The molecular formula is C28H28FN5O3. The maximum Gasteiger partial charge on any atom is 0.335 e. The average molecular weight is 502 g/mol. The fraction of sp³-hybridized carbons (Fsp3) is 0.286. The van der Waals surface area contributed by atoms with Crippen LogP contribution in [-0.4, -0.2) is 35.7 Å². The Labute approximate surface area is 213 Å². The van der Waals surface area contributed by atoms with Crippen molar-refractivity contribution in [3.8, 4) is 5.82 Å². The second-order valence-electron chi connectivity index (χ2n) is 9.70. The topological polar surface area (TPSA) is 113 Å². The molecule has 3 aromatic heterocycles. The van der Waals surface area contributed by atoms with Crippen LogP contribution in [0.2, 0.25) is 0 Å². The number of aromatic nitrogens is 4. The lowest BCUT2D eigenvalue weighted by Gasteiger charge is -2.35. The SMILES string of the molecule is Cc1cc(Nc2cc(C)c(F)cn2)nc(-n2cnc(C3(O)CCC(c4ccccc4C(=O)O)CC3)c2)c1. The summed E-state index contributed by atoms with van der Waals surface area (Å²) in [7, 11) is 0. The lowest BCUT2D eigenvalue weighted by molar-refractivity contribution is -0.00932. The van der Waals surface area contributed by atoms with Crippen LogP contribution in [0.15, 0.2) is 61.2 Å². The number of benzene rings is 1. The number of pyridine rings is 2. The van der Waals surface area contributed by atoms with E-state index in [2.05, 4.69) is 20.3 Å². The molecule has 4 aromatic rings. The average Bonchev–Trinajstić information content (AvgIpc) is 3.38. The van der Waals surface area contributed by atoms with Gasteiger partial charge in [-0.05, 0) is 86.4 Å². The maximum atomic E-state index is 13.6. The molecule has 1 aromatic carbocycles. The molecule has 0 radical (unpaired) electrons. The minimum atomic E-state index is -1.10. The minimum Gasteiger partial charge on any atom is -0.478 e. The molecule has 8 nitrogen and oxygen atoms in total. The second kappa shape index (κ2) is 9.74. The van der Waals surface area contributed by atoms with Crippen LogP contribution >= 0.6 is 0 Å². The summed E-state index contributed by atoms with van der Waals surface area (Å²) in [6.45, 7) is 3.62. The summed E-state index contributed by atoms with van der Waals surface area (Å²) in [5.74, 6) is 0.440. The Morgan fingerprint density at radius 3 is 2.59 bits per heavy atom. The van der Waals surface area contributed by atoms with E-state index in [4.69, 9.17) is 0 Å². The number of nitrogens with zero attached hydrogens (tertiary/aromatic N) is 4. The lowest BCUT2D eigenvalue weighted by atomic mass is 9.74. The first kappa shape index (κ1) is 24.6. The van der Waals surface area contributed by atoms with Crippen LogP contribution in [0.4, 0.5) is 16.0 Å². The Bertz CT molecular complexity index is 1460. The number of aryl methyl sites for hydroxylation is 2. The number of carbonyl (C=O) groups is 1. The van der Waals surface area contributed by atoms with Crippen molar-refractivity contribution in [2.24, 2.45) is 0 Å². The third-order valence-corrected chi connectivity index (χ3v) is 7.03. The van der Waals surface area contributed by atoms with Crippen molar-refractivity contribution in [3.63, 3.8) is 0 Å². The number of rotatable bonds is 6. The Morgan fingerprint density at radius 1 is 1.11 bits per heavy atom. The standard InChI is InChI=1S/C28H28FN5O3/c1-17-11-25(32-24-13-18(2)22(29)14-30-24)33-26(12-17)34-15-23(31-16-34)28(37)9-7-19(8-10-28)20-5-3-4-6-21(20)27(35)36/h3-6,11-16,19,37H,7-10H2,1-2H3,(H,35,36)(H,30,32,33). The summed E-state index contributed by atoms with van der Waals surface area (Å²) < 4.78 is 15.3. The molecule has 3 heterocycles. The van der Waals surface area contributed by atoms with Gasteiger partial charge in [0, 0.05) is 6.20 Å². The zero-order valence-corrected chi connectivity index (χ0v) is 20.6. The third kappa shape index (κ3) is 5.08. The Hall–Kier alpha value is -4.11. The normalized spacial score (nSPS) is 19.5. The number of nitrogens with one attached hydrogen (secondary N) is 1. The van der Waals surface area contributed by atoms with Crippen LogP contribution in [0.1, 0.15) is 64.3 Å². The van der Waals surface area contributed by atoms with Crippen molar-refractivity contribution in [2.45, 2.75) is 51.0 Å². The quantitative estimate of drug-likeness (QED) is 0.324. The van der Waals surface area contributed by atoms with Gasteiger partial charge in [0.05, 0.1) is 17.5 Å². The number of aromatic carboxylic acids is 1. The van der Waals surface area contributed by atoms with Gasteiger partial charge < -0.3 is 15.5 Å². The molecule has 37 heavy (non-hydrogen) atoms. The highest BCUT2D eigenvalue weighted by atomic mass is 19.1. The van der Waals surface area contributed by atoms with Gasteiger partial charge in [0.2, 0.25) is 0 Å². The second-order valence-corrected chi connectivity index (χ2v) is 9.70. The summed E-state index contributed by atoms with van der Waals surface area (Å²) in [6.07, 6.45) is 6.87. The molecular weight excluding hydrogens is 473 g/mol. The Balaban J connectivity index is 1.33. The molecule has 0 spiro atoms. The van der Waals surface area contributed by atoms with Gasteiger partial charge in [-0.15, -0.1) is 0 Å². The molecule has 9 heteroatoms. The number of halogens is 1. The van der Waals surface area contributed by atoms with E-state index in [0.717, 1.165) is 11.1 Å². The van der Waals surface area contributed by atoms with E-state index in [1.807, 2.05) is 31.2 Å². The predicted molar refractivity (Wildman–Crippen MR) is 137 cm³/mol. The number of aliphatic hydroxyl groups is 1. The number of carboxylic acid groups (broad SMARTS) is 1. The van der Waals surface area contributed by atoms with Crippen LogP contribution in [0, 0.1) is 19.7 Å². The van der Waals surface area contributed by atoms with Gasteiger partial charge in [-0.25, -0.2) is 24.1 Å². The Kier molecular flexibility index (Phi) is 6.47. The monoisotopic (exact) mass is 501 g/mol. The summed E-state index contributed by atoms with van der Waals surface area (Å²) >= 11 is 0. The van der Waals surface area contributed by atoms with E-state index in [0.29, 0.717) is 60.0 Å². The van der Waals surface area contributed by atoms with Crippen molar-refractivity contribution in [1.29, 1.82) is 0 Å². The van der Waals surface area contributed by atoms with E-state index in [1.165, 1.54) is 6.20 Å². The number of carboxylic acids is 1. The molecule has 0 amide bonds. The first-order chi connectivity index (χ1) is 17.7. The van der Waals surface area contributed by atoms with Crippen LogP contribution in [-0.2, 0) is 5.60 Å². The number of imidazole rings is 1. The number of hydrogen-bond acceptors (Lipinski definition) is 6. The smallest absolute Gasteiger partial charge is 0.335 e. The highest BCUT2D eigenvalue weighted by Gasteiger charge is 2.38. The Morgan fingerprint density at radius 2 is 1.86 bits per heavy atom. The van der Waals surface area contributed by atoms with E-state index < -0.39 is 11.6 Å². The van der Waals surface area contributed by atoms with E-state index in [9.17, 15) is 19.4 Å². The molecule has 0 saturated heterocycles. The molecule has 1 aliphatic rings. The van der Waals surface area contributed by atoms with E-state index in [1.54, 1.807) is 42.2 Å². The van der Waals surface area contributed by atoms with Crippen molar-refractivity contribution in [3.05, 3.63) is 95.0 Å². The van der Waals surface area contributed by atoms with Gasteiger partial charge in [0.25, 0.3) is 0 Å². The molecule has 3 N–H and O–H groups in total. The summed E-state index contributed by atoms with van der Waals surface area (Å²) in [6, 6.07) is 12.5. The highest BCUT2D eigenvalue weighted by molar-refractivity contribution is 5.89. The molecule has 0 aliphatic heterocycles. The number of anilines is 2. The van der Waals surface area contributed by atoms with Crippen molar-refractivity contribution < 1.29 is 19.4 Å². The predicted octanol–water partition coefficient (Wildman–Crippen LogP) is 5.41. The lowest BCUT2D eigenvalue weighted by Crippen LogP contribution is -2.31. The van der Waals surface area contributed by atoms with Crippen LogP contribution in [0.3, 0.4) is 0 Å². The van der Waals surface area contributed by atoms with Gasteiger partial charge in [-0.2, -0.15) is 0 Å². The van der Waals surface area contributed by atoms with E-state index >= 15 is 0 Å². The fourth-order valence-electron chi connectivity index (χ4n) is 4.98. The van der Waals surface area contributed by atoms with Crippen LogP contribution in [0.25, 0.3) is 5.82 Å². The fourth-order valence-corrected chi connectivity index (χ4v) is 4.98.